The van der Waals surface area contributed by atoms with Crippen LogP contribution in [0.3, 0.4) is 0 Å². The molecule has 3 amide bonds. The Morgan fingerprint density at radius 3 is 2.63 bits per heavy atom. The van der Waals surface area contributed by atoms with E-state index in [4.69, 9.17) is 0 Å². The van der Waals surface area contributed by atoms with Crippen molar-refractivity contribution < 1.29 is 9.59 Å². The summed E-state index contributed by atoms with van der Waals surface area (Å²) in [6, 6.07) is 5.77. The van der Waals surface area contributed by atoms with Crippen LogP contribution < -0.4 is 5.32 Å². The first-order valence-corrected chi connectivity index (χ1v) is 10.1. The number of urea groups is 1. The van der Waals surface area contributed by atoms with Crippen molar-refractivity contribution in [2.45, 2.75) is 44.7 Å². The molecule has 2 atom stereocenters. The highest BCUT2D eigenvalue weighted by Crippen LogP contribution is 2.38. The first-order chi connectivity index (χ1) is 13.1. The van der Waals surface area contributed by atoms with Crippen LogP contribution in [-0.4, -0.2) is 70.0 Å². The van der Waals surface area contributed by atoms with Gasteiger partial charge in [0.2, 0.25) is 0 Å². The predicted molar refractivity (Wildman–Crippen MR) is 102 cm³/mol. The molecule has 4 rings (SSSR count). The van der Waals surface area contributed by atoms with E-state index in [9.17, 15) is 9.59 Å². The highest BCUT2D eigenvalue weighted by atomic mass is 16.2. The molecule has 2 aliphatic heterocycles. The number of rotatable bonds is 4. The molecular formula is C20H29N5O2. The van der Waals surface area contributed by atoms with E-state index in [0.29, 0.717) is 6.67 Å². The zero-order chi connectivity index (χ0) is 18.9. The van der Waals surface area contributed by atoms with Gasteiger partial charge in [-0.3, -0.25) is 19.6 Å². The van der Waals surface area contributed by atoms with Crippen molar-refractivity contribution in [3.63, 3.8) is 0 Å². The molecule has 0 unspecified atom stereocenters. The maximum Gasteiger partial charge on any atom is 0.326 e. The zero-order valence-electron chi connectivity index (χ0n) is 16.1. The normalized spacial score (nSPS) is 30.1. The van der Waals surface area contributed by atoms with Crippen LogP contribution in [0.25, 0.3) is 0 Å². The number of hydrogen-bond acceptors (Lipinski definition) is 5. The molecule has 3 fully saturated rings. The van der Waals surface area contributed by atoms with Crippen LogP contribution in [0.4, 0.5) is 4.79 Å². The monoisotopic (exact) mass is 371 g/mol. The number of pyridine rings is 1. The number of imide groups is 1. The van der Waals surface area contributed by atoms with Crippen molar-refractivity contribution in [1.29, 1.82) is 0 Å². The molecule has 2 saturated heterocycles. The number of amides is 3. The number of nitrogens with zero attached hydrogens (tertiary/aromatic N) is 4. The van der Waals surface area contributed by atoms with Crippen LogP contribution in [-0.2, 0) is 11.3 Å². The lowest BCUT2D eigenvalue weighted by Crippen LogP contribution is -2.55. The lowest BCUT2D eigenvalue weighted by Gasteiger charge is -2.38. The molecule has 7 heteroatoms. The molecule has 146 valence electrons. The average molecular weight is 371 g/mol. The Hall–Kier alpha value is -1.99. The molecule has 1 aromatic rings. The molecular weight excluding hydrogens is 342 g/mol. The van der Waals surface area contributed by atoms with Gasteiger partial charge in [-0.1, -0.05) is 25.8 Å². The number of carbonyl (C=O) groups excluding carboxylic acids is 2. The summed E-state index contributed by atoms with van der Waals surface area (Å²) in [5.41, 5.74) is 0.420. The van der Waals surface area contributed by atoms with E-state index in [0.717, 1.165) is 64.1 Å². The lowest BCUT2D eigenvalue weighted by molar-refractivity contribution is -0.136. The highest BCUT2D eigenvalue weighted by Gasteiger charge is 2.55. The lowest BCUT2D eigenvalue weighted by atomic mass is 9.73. The van der Waals surface area contributed by atoms with Gasteiger partial charge < -0.3 is 5.32 Å². The number of nitrogens with one attached hydrogen (secondary N) is 1. The van der Waals surface area contributed by atoms with Crippen LogP contribution in [0.5, 0.6) is 0 Å². The summed E-state index contributed by atoms with van der Waals surface area (Å²) < 4.78 is 0. The molecule has 7 nitrogen and oxygen atoms in total. The largest absolute Gasteiger partial charge is 0.326 e. The van der Waals surface area contributed by atoms with Crippen LogP contribution in [0.2, 0.25) is 0 Å². The van der Waals surface area contributed by atoms with Gasteiger partial charge in [-0.15, -0.1) is 0 Å². The van der Waals surface area contributed by atoms with Gasteiger partial charge in [0.15, 0.2) is 0 Å². The van der Waals surface area contributed by atoms with Gasteiger partial charge in [0, 0.05) is 38.9 Å². The third-order valence-electron chi connectivity index (χ3n) is 6.42. The first kappa shape index (κ1) is 18.4. The van der Waals surface area contributed by atoms with E-state index < -0.39 is 5.54 Å². The highest BCUT2D eigenvalue weighted by molar-refractivity contribution is 6.07. The average Bonchev–Trinajstić information content (AvgIpc) is 2.91. The molecule has 1 saturated carbocycles. The SMILES string of the molecule is C[C@H]1CCCC[C@]12NC(=O)N(CN1CCN(Cc3ccccn3)CC1)C2=O. The summed E-state index contributed by atoms with van der Waals surface area (Å²) >= 11 is 0. The zero-order valence-corrected chi connectivity index (χ0v) is 16.1. The molecule has 3 aliphatic rings. The minimum atomic E-state index is -0.657. The Balaban J connectivity index is 1.32. The fourth-order valence-electron chi connectivity index (χ4n) is 4.63. The van der Waals surface area contributed by atoms with Crippen molar-refractivity contribution in [1.82, 2.24) is 25.0 Å². The Morgan fingerprint density at radius 1 is 1.15 bits per heavy atom. The van der Waals surface area contributed by atoms with Crippen LogP contribution >= 0.6 is 0 Å². The molecule has 3 heterocycles. The van der Waals surface area contributed by atoms with E-state index in [1.54, 1.807) is 0 Å². The number of carbonyl (C=O) groups is 2. The van der Waals surface area contributed by atoms with E-state index in [1.165, 1.54) is 4.90 Å². The molecule has 1 aromatic heterocycles. The minimum absolute atomic E-state index is 0.0179. The molecule has 1 N–H and O–H groups in total. The van der Waals surface area contributed by atoms with Crippen molar-refractivity contribution in [2.75, 3.05) is 32.8 Å². The smallest absolute Gasteiger partial charge is 0.323 e. The molecule has 1 aliphatic carbocycles. The van der Waals surface area contributed by atoms with Gasteiger partial charge in [-0.05, 0) is 30.9 Å². The Labute approximate surface area is 160 Å². The number of hydrogen-bond donors (Lipinski definition) is 1. The van der Waals surface area contributed by atoms with Gasteiger partial charge >= 0.3 is 6.03 Å². The van der Waals surface area contributed by atoms with E-state index in [1.807, 2.05) is 24.4 Å². The van der Waals surface area contributed by atoms with Crippen molar-refractivity contribution in [3.8, 4) is 0 Å². The number of aromatic nitrogens is 1. The summed E-state index contributed by atoms with van der Waals surface area (Å²) in [4.78, 5) is 36.0. The van der Waals surface area contributed by atoms with Crippen molar-refractivity contribution in [2.24, 2.45) is 5.92 Å². The maximum atomic E-state index is 13.1. The number of piperazine rings is 1. The van der Waals surface area contributed by atoms with Gasteiger partial charge in [0.25, 0.3) is 5.91 Å². The second-order valence-electron chi connectivity index (χ2n) is 8.14. The summed E-state index contributed by atoms with van der Waals surface area (Å²) in [5.74, 6) is 0.193. The topological polar surface area (TPSA) is 68.8 Å². The molecule has 1 spiro atoms. The Bertz CT molecular complexity index is 689. The maximum absolute atomic E-state index is 13.1. The van der Waals surface area contributed by atoms with Gasteiger partial charge in [0.05, 0.1) is 12.4 Å². The summed E-state index contributed by atoms with van der Waals surface area (Å²) in [5, 5.41) is 3.04. The molecule has 0 bridgehead atoms. The van der Waals surface area contributed by atoms with E-state index in [-0.39, 0.29) is 17.9 Å². The summed E-state index contributed by atoms with van der Waals surface area (Å²) in [6.45, 7) is 6.88. The Morgan fingerprint density at radius 2 is 1.93 bits per heavy atom. The summed E-state index contributed by atoms with van der Waals surface area (Å²) in [7, 11) is 0. The molecule has 0 aromatic carbocycles. The fourth-order valence-corrected chi connectivity index (χ4v) is 4.63. The van der Waals surface area contributed by atoms with Gasteiger partial charge in [-0.25, -0.2) is 9.69 Å². The Kier molecular flexibility index (Phi) is 5.14. The van der Waals surface area contributed by atoms with E-state index in [2.05, 4.69) is 27.0 Å². The first-order valence-electron chi connectivity index (χ1n) is 10.1. The standard InChI is InChI=1S/C20H29N5O2/c1-16-6-2-4-8-20(16)18(26)25(19(27)22-20)15-24-12-10-23(11-13-24)14-17-7-3-5-9-21-17/h3,5,7,9,16H,2,4,6,8,10-15H2,1H3,(H,22,27)/t16-,20-/m0/s1. The quantitative estimate of drug-likeness (QED) is 0.815. The van der Waals surface area contributed by atoms with Crippen LogP contribution in [0.15, 0.2) is 24.4 Å². The van der Waals surface area contributed by atoms with Crippen LogP contribution in [0, 0.1) is 5.92 Å². The predicted octanol–water partition coefficient (Wildman–Crippen LogP) is 1.66. The molecule has 27 heavy (non-hydrogen) atoms. The minimum Gasteiger partial charge on any atom is -0.323 e. The van der Waals surface area contributed by atoms with Crippen molar-refractivity contribution >= 4 is 11.9 Å². The van der Waals surface area contributed by atoms with Crippen LogP contribution in [0.1, 0.15) is 38.3 Å². The second-order valence-corrected chi connectivity index (χ2v) is 8.14. The third kappa shape index (κ3) is 3.58. The third-order valence-corrected chi connectivity index (χ3v) is 6.42. The fraction of sp³-hybridized carbons (Fsp3) is 0.650. The molecule has 0 radical (unpaired) electrons. The van der Waals surface area contributed by atoms with Gasteiger partial charge in [0.1, 0.15) is 5.54 Å². The van der Waals surface area contributed by atoms with Gasteiger partial charge in [-0.2, -0.15) is 0 Å². The van der Waals surface area contributed by atoms with E-state index >= 15 is 0 Å². The summed E-state index contributed by atoms with van der Waals surface area (Å²) in [6.07, 6.45) is 5.76. The van der Waals surface area contributed by atoms with Crippen molar-refractivity contribution in [3.05, 3.63) is 30.1 Å². The second kappa shape index (κ2) is 7.56.